The summed E-state index contributed by atoms with van der Waals surface area (Å²) < 4.78 is 28.9. The Morgan fingerprint density at radius 2 is 1.97 bits per heavy atom. The SMILES string of the molecule is C[C@H](O)CCC(=O)N1CCC[C@H]([C@@]23CC[C@@H](c4cc(-c5c(F)cccc5F)nnc42)C3(C)C)C1. The topological polar surface area (TPSA) is 66.3 Å². The standard InChI is InChI=1S/C27H33F2N3O2/c1-16(33)9-10-23(34)32-13-5-6-17(15-32)27-12-11-19(26(27,2)3)18-14-22(30-31-25(18)27)24-20(28)7-4-8-21(24)29/h4,7-8,14,16-17,19,33H,5-6,9-13,15H2,1-3H3/t16-,17-,19-,27-/m0/s1. The number of aliphatic hydroxyl groups is 1. The fraction of sp³-hybridized carbons (Fsp3) is 0.593. The highest BCUT2D eigenvalue weighted by Crippen LogP contribution is 2.70. The molecule has 1 aromatic heterocycles. The van der Waals surface area contributed by atoms with Crippen molar-refractivity contribution >= 4 is 5.91 Å². The Labute approximate surface area is 199 Å². The molecule has 2 bridgehead atoms. The third-order valence-electron chi connectivity index (χ3n) is 8.94. The number of amides is 1. The molecule has 5 rings (SSSR count). The molecule has 2 fully saturated rings. The molecule has 1 saturated carbocycles. The van der Waals surface area contributed by atoms with Gasteiger partial charge in [-0.3, -0.25) is 4.79 Å². The van der Waals surface area contributed by atoms with E-state index in [-0.39, 0.29) is 39.8 Å². The second kappa shape index (κ2) is 8.36. The van der Waals surface area contributed by atoms with E-state index in [0.29, 0.717) is 19.4 Å². The normalized spacial score (nSPS) is 28.1. The predicted octanol–water partition coefficient (Wildman–Crippen LogP) is 4.98. The van der Waals surface area contributed by atoms with Crippen LogP contribution in [-0.4, -0.2) is 45.3 Å². The molecule has 5 nitrogen and oxygen atoms in total. The summed E-state index contributed by atoms with van der Waals surface area (Å²) in [7, 11) is 0. The van der Waals surface area contributed by atoms with Gasteiger partial charge in [0.1, 0.15) is 11.6 Å². The van der Waals surface area contributed by atoms with Crippen molar-refractivity contribution in [1.82, 2.24) is 15.1 Å². The number of carbonyl (C=O) groups is 1. The first-order chi connectivity index (χ1) is 16.2. The molecule has 4 atom stereocenters. The number of aliphatic hydroxyl groups excluding tert-OH is 1. The summed E-state index contributed by atoms with van der Waals surface area (Å²) in [6.07, 6.45) is 4.29. The van der Waals surface area contributed by atoms with Crippen LogP contribution in [0.5, 0.6) is 0 Å². The number of hydrogen-bond donors (Lipinski definition) is 1. The number of nitrogens with zero attached hydrogens (tertiary/aromatic N) is 3. The summed E-state index contributed by atoms with van der Waals surface area (Å²) in [5, 5.41) is 18.6. The Hall–Kier alpha value is -2.41. The van der Waals surface area contributed by atoms with Crippen molar-refractivity contribution < 1.29 is 18.7 Å². The number of likely N-dealkylation sites (tertiary alicyclic amines) is 1. The van der Waals surface area contributed by atoms with Crippen LogP contribution in [0.4, 0.5) is 8.78 Å². The van der Waals surface area contributed by atoms with E-state index in [2.05, 4.69) is 24.0 Å². The van der Waals surface area contributed by atoms with Crippen LogP contribution in [0.1, 0.15) is 76.5 Å². The molecular formula is C27H33F2N3O2. The van der Waals surface area contributed by atoms with Crippen LogP contribution in [0.25, 0.3) is 11.3 Å². The molecule has 0 unspecified atom stereocenters. The smallest absolute Gasteiger partial charge is 0.222 e. The predicted molar refractivity (Wildman–Crippen MR) is 125 cm³/mol. The number of halogens is 2. The quantitative estimate of drug-likeness (QED) is 0.671. The summed E-state index contributed by atoms with van der Waals surface area (Å²) in [6.45, 7) is 7.70. The lowest BCUT2D eigenvalue weighted by molar-refractivity contribution is -0.134. The maximum Gasteiger partial charge on any atom is 0.222 e. The van der Waals surface area contributed by atoms with E-state index in [1.165, 1.54) is 18.2 Å². The van der Waals surface area contributed by atoms with Crippen molar-refractivity contribution in [1.29, 1.82) is 0 Å². The van der Waals surface area contributed by atoms with Gasteiger partial charge in [0.25, 0.3) is 0 Å². The van der Waals surface area contributed by atoms with Gasteiger partial charge in [0.05, 0.1) is 23.1 Å². The zero-order chi connectivity index (χ0) is 24.3. The van der Waals surface area contributed by atoms with Crippen molar-refractivity contribution in [3.63, 3.8) is 0 Å². The molecule has 1 amide bonds. The lowest BCUT2D eigenvalue weighted by atomic mass is 9.59. The summed E-state index contributed by atoms with van der Waals surface area (Å²) in [5.41, 5.74) is 1.83. The maximum absolute atomic E-state index is 14.5. The lowest BCUT2D eigenvalue weighted by Gasteiger charge is -2.48. The van der Waals surface area contributed by atoms with Gasteiger partial charge in [0, 0.05) is 24.9 Å². The van der Waals surface area contributed by atoms with Gasteiger partial charge < -0.3 is 10.0 Å². The minimum atomic E-state index is -0.634. The Morgan fingerprint density at radius 3 is 2.68 bits per heavy atom. The van der Waals surface area contributed by atoms with Gasteiger partial charge in [-0.1, -0.05) is 19.9 Å². The van der Waals surface area contributed by atoms with Gasteiger partial charge in [0.2, 0.25) is 5.91 Å². The lowest BCUT2D eigenvalue weighted by Crippen LogP contribution is -2.51. The number of benzene rings is 1. The minimum absolute atomic E-state index is 0.0905. The summed E-state index contributed by atoms with van der Waals surface area (Å²) in [6, 6.07) is 5.70. The van der Waals surface area contributed by atoms with Crippen LogP contribution in [0, 0.1) is 23.0 Å². The van der Waals surface area contributed by atoms with Crippen molar-refractivity contribution in [2.24, 2.45) is 11.3 Å². The molecular weight excluding hydrogens is 436 g/mol. The second-order valence-electron chi connectivity index (χ2n) is 11.0. The molecule has 0 radical (unpaired) electrons. The molecule has 182 valence electrons. The average Bonchev–Trinajstić information content (AvgIpc) is 3.18. The van der Waals surface area contributed by atoms with E-state index < -0.39 is 17.7 Å². The molecule has 3 aliphatic rings. The second-order valence-corrected chi connectivity index (χ2v) is 11.0. The van der Waals surface area contributed by atoms with E-state index in [1.54, 1.807) is 6.92 Å². The van der Waals surface area contributed by atoms with Crippen LogP contribution >= 0.6 is 0 Å². The van der Waals surface area contributed by atoms with E-state index in [1.807, 2.05) is 11.0 Å². The summed E-state index contributed by atoms with van der Waals surface area (Å²) in [5.74, 6) is -0.671. The zero-order valence-corrected chi connectivity index (χ0v) is 20.2. The third kappa shape index (κ3) is 3.38. The Balaban J connectivity index is 1.50. The molecule has 2 aromatic rings. The zero-order valence-electron chi connectivity index (χ0n) is 20.2. The van der Waals surface area contributed by atoms with Crippen molar-refractivity contribution in [2.45, 2.75) is 76.7 Å². The largest absolute Gasteiger partial charge is 0.393 e. The van der Waals surface area contributed by atoms with Crippen molar-refractivity contribution in [3.05, 3.63) is 47.2 Å². The van der Waals surface area contributed by atoms with Gasteiger partial charge in [-0.05, 0) is 80.0 Å². The first-order valence-electron chi connectivity index (χ1n) is 12.4. The van der Waals surface area contributed by atoms with E-state index >= 15 is 0 Å². The molecule has 1 N–H and O–H groups in total. The van der Waals surface area contributed by atoms with E-state index in [0.717, 1.165) is 43.5 Å². The third-order valence-corrected chi connectivity index (χ3v) is 8.94. The molecule has 2 aliphatic carbocycles. The Kier molecular flexibility index (Phi) is 5.74. The molecule has 34 heavy (non-hydrogen) atoms. The van der Waals surface area contributed by atoms with Crippen molar-refractivity contribution in [2.75, 3.05) is 13.1 Å². The summed E-state index contributed by atoms with van der Waals surface area (Å²) in [4.78, 5) is 14.8. The molecule has 1 saturated heterocycles. The average molecular weight is 470 g/mol. The van der Waals surface area contributed by atoms with E-state index in [4.69, 9.17) is 0 Å². The molecule has 1 aromatic carbocycles. The number of carbonyl (C=O) groups excluding carboxylic acids is 1. The van der Waals surface area contributed by atoms with Crippen LogP contribution in [0.15, 0.2) is 24.3 Å². The minimum Gasteiger partial charge on any atom is -0.393 e. The molecule has 2 heterocycles. The van der Waals surface area contributed by atoms with Gasteiger partial charge in [0.15, 0.2) is 0 Å². The Morgan fingerprint density at radius 1 is 1.24 bits per heavy atom. The van der Waals surface area contributed by atoms with E-state index in [9.17, 15) is 18.7 Å². The monoisotopic (exact) mass is 469 g/mol. The highest BCUT2D eigenvalue weighted by Gasteiger charge is 2.66. The molecule has 7 heteroatoms. The van der Waals surface area contributed by atoms with Gasteiger partial charge in [-0.2, -0.15) is 10.2 Å². The number of aromatic nitrogens is 2. The Bertz CT molecular complexity index is 1100. The van der Waals surface area contributed by atoms with Gasteiger partial charge >= 0.3 is 0 Å². The maximum atomic E-state index is 14.5. The number of hydrogen-bond acceptors (Lipinski definition) is 4. The number of fused-ring (bicyclic) bond motifs is 5. The first kappa shape index (κ1) is 23.3. The molecule has 0 spiro atoms. The van der Waals surface area contributed by atoms with Gasteiger partial charge in [-0.15, -0.1) is 0 Å². The first-order valence-corrected chi connectivity index (χ1v) is 12.4. The van der Waals surface area contributed by atoms with Crippen LogP contribution in [-0.2, 0) is 10.2 Å². The van der Waals surface area contributed by atoms with Crippen LogP contribution in [0.2, 0.25) is 0 Å². The van der Waals surface area contributed by atoms with Crippen LogP contribution in [0.3, 0.4) is 0 Å². The highest BCUT2D eigenvalue weighted by molar-refractivity contribution is 5.76. The van der Waals surface area contributed by atoms with Gasteiger partial charge in [-0.25, -0.2) is 8.78 Å². The molecule has 1 aliphatic heterocycles. The number of rotatable bonds is 5. The fourth-order valence-corrected chi connectivity index (χ4v) is 7.24. The van der Waals surface area contributed by atoms with Crippen molar-refractivity contribution in [3.8, 4) is 11.3 Å². The fourth-order valence-electron chi connectivity index (χ4n) is 7.24. The highest BCUT2D eigenvalue weighted by atomic mass is 19.1. The van der Waals surface area contributed by atoms with Crippen LogP contribution < -0.4 is 0 Å². The number of piperidine rings is 1. The summed E-state index contributed by atoms with van der Waals surface area (Å²) >= 11 is 0.